The van der Waals surface area contributed by atoms with Gasteiger partial charge in [-0.05, 0) is 36.6 Å². The van der Waals surface area contributed by atoms with E-state index in [0.29, 0.717) is 0 Å². The fourth-order valence-electron chi connectivity index (χ4n) is 2.45. The van der Waals surface area contributed by atoms with E-state index < -0.39 is 10.0 Å². The lowest BCUT2D eigenvalue weighted by molar-refractivity contribution is 0.324. The largest absolute Gasteiger partial charge is 0.297 e. The summed E-state index contributed by atoms with van der Waals surface area (Å²) in [7, 11) is -3.11. The third-order valence-electron chi connectivity index (χ3n) is 3.35. The molecule has 0 aromatic heterocycles. The molecule has 1 N–H and O–H groups in total. The van der Waals surface area contributed by atoms with Crippen LogP contribution in [0.25, 0.3) is 0 Å². The topological polar surface area (TPSA) is 49.4 Å². The van der Waals surface area contributed by atoms with Gasteiger partial charge < -0.3 is 0 Å². The first-order chi connectivity index (χ1) is 8.83. The molecular formula is C13H19ClN2O2S. The van der Waals surface area contributed by atoms with E-state index in [-0.39, 0.29) is 6.04 Å². The summed E-state index contributed by atoms with van der Waals surface area (Å²) in [5.74, 6) is 0. The highest BCUT2D eigenvalue weighted by atomic mass is 35.5. The molecule has 0 bridgehead atoms. The van der Waals surface area contributed by atoms with Gasteiger partial charge in [0.15, 0.2) is 0 Å². The number of aryl methyl sites for hydroxylation is 1. The van der Waals surface area contributed by atoms with E-state index in [9.17, 15) is 8.42 Å². The molecule has 106 valence electrons. The van der Waals surface area contributed by atoms with Crippen molar-refractivity contribution in [1.82, 2.24) is 9.62 Å². The number of sulfonamides is 1. The van der Waals surface area contributed by atoms with E-state index in [0.717, 1.165) is 31.1 Å². The van der Waals surface area contributed by atoms with E-state index >= 15 is 0 Å². The molecule has 1 fully saturated rings. The molecular weight excluding hydrogens is 284 g/mol. The number of halogens is 1. The maximum Gasteiger partial charge on any atom is 0.208 e. The number of hydrogen-bond acceptors (Lipinski definition) is 3. The molecule has 4 nitrogen and oxygen atoms in total. The van der Waals surface area contributed by atoms with E-state index in [1.165, 1.54) is 17.4 Å². The summed E-state index contributed by atoms with van der Waals surface area (Å²) in [6, 6.07) is 5.92. The highest BCUT2D eigenvalue weighted by Crippen LogP contribution is 2.19. The lowest BCUT2D eigenvalue weighted by atomic mass is 10.1. The van der Waals surface area contributed by atoms with Gasteiger partial charge in [-0.25, -0.2) is 13.1 Å². The zero-order valence-electron chi connectivity index (χ0n) is 11.2. The number of benzene rings is 1. The van der Waals surface area contributed by atoms with E-state index in [1.54, 1.807) is 0 Å². The summed E-state index contributed by atoms with van der Waals surface area (Å²) >= 11 is 5.94. The van der Waals surface area contributed by atoms with Crippen molar-refractivity contribution in [3.05, 3.63) is 34.3 Å². The molecule has 1 aromatic carbocycles. The van der Waals surface area contributed by atoms with Crippen molar-refractivity contribution in [2.24, 2.45) is 0 Å². The van der Waals surface area contributed by atoms with E-state index in [4.69, 9.17) is 11.6 Å². The molecule has 0 radical (unpaired) electrons. The van der Waals surface area contributed by atoms with Crippen molar-refractivity contribution in [2.45, 2.75) is 25.9 Å². The summed E-state index contributed by atoms with van der Waals surface area (Å²) in [4.78, 5) is 2.26. The second-order valence-electron chi connectivity index (χ2n) is 5.18. The molecule has 1 aromatic rings. The van der Waals surface area contributed by atoms with Crippen LogP contribution in [-0.2, 0) is 16.6 Å². The van der Waals surface area contributed by atoms with Gasteiger partial charge in [0.2, 0.25) is 10.0 Å². The second kappa shape index (κ2) is 5.79. The third-order valence-corrected chi connectivity index (χ3v) is 4.35. The van der Waals surface area contributed by atoms with Crippen LogP contribution in [0.4, 0.5) is 0 Å². The highest BCUT2D eigenvalue weighted by molar-refractivity contribution is 7.88. The Morgan fingerprint density at radius 3 is 2.84 bits per heavy atom. The summed E-state index contributed by atoms with van der Waals surface area (Å²) in [5.41, 5.74) is 2.41. The van der Waals surface area contributed by atoms with Crippen LogP contribution in [-0.4, -0.2) is 38.7 Å². The van der Waals surface area contributed by atoms with Crippen molar-refractivity contribution < 1.29 is 8.42 Å². The average Bonchev–Trinajstić information content (AvgIpc) is 2.67. The first-order valence-electron chi connectivity index (χ1n) is 6.28. The number of likely N-dealkylation sites (tertiary alicyclic amines) is 1. The third kappa shape index (κ3) is 4.45. The Hall–Kier alpha value is -0.620. The zero-order chi connectivity index (χ0) is 14.0. The molecule has 0 saturated carbocycles. The summed E-state index contributed by atoms with van der Waals surface area (Å²) in [5, 5.41) is 0.749. The van der Waals surface area contributed by atoms with Gasteiger partial charge in [-0.2, -0.15) is 0 Å². The minimum Gasteiger partial charge on any atom is -0.297 e. The number of nitrogens with one attached hydrogen (secondary N) is 1. The molecule has 2 rings (SSSR count). The summed E-state index contributed by atoms with van der Waals surface area (Å²) in [6.45, 7) is 4.55. The molecule has 1 unspecified atom stereocenters. The van der Waals surface area contributed by atoms with Crippen molar-refractivity contribution in [3.63, 3.8) is 0 Å². The number of nitrogens with zero attached hydrogens (tertiary/aromatic N) is 1. The SMILES string of the molecule is Cc1cc(Cl)ccc1CN1CCC(NS(C)(=O)=O)C1. The van der Waals surface area contributed by atoms with Crippen LogP contribution in [0.15, 0.2) is 18.2 Å². The van der Waals surface area contributed by atoms with Gasteiger partial charge in [-0.1, -0.05) is 17.7 Å². The van der Waals surface area contributed by atoms with Crippen molar-refractivity contribution >= 4 is 21.6 Å². The quantitative estimate of drug-likeness (QED) is 0.922. The van der Waals surface area contributed by atoms with Crippen LogP contribution in [0.5, 0.6) is 0 Å². The molecule has 19 heavy (non-hydrogen) atoms. The fraction of sp³-hybridized carbons (Fsp3) is 0.538. The van der Waals surface area contributed by atoms with Crippen LogP contribution in [0, 0.1) is 6.92 Å². The van der Waals surface area contributed by atoms with Crippen molar-refractivity contribution in [3.8, 4) is 0 Å². The Kier molecular flexibility index (Phi) is 4.50. The maximum absolute atomic E-state index is 11.2. The average molecular weight is 303 g/mol. The van der Waals surface area contributed by atoms with Crippen LogP contribution >= 0.6 is 11.6 Å². The second-order valence-corrected chi connectivity index (χ2v) is 7.40. The van der Waals surface area contributed by atoms with Gasteiger partial charge in [0.25, 0.3) is 0 Å². The van der Waals surface area contributed by atoms with Crippen LogP contribution in [0.2, 0.25) is 5.02 Å². The molecule has 0 spiro atoms. The molecule has 0 amide bonds. The van der Waals surface area contributed by atoms with Gasteiger partial charge in [-0.3, -0.25) is 4.90 Å². The zero-order valence-corrected chi connectivity index (χ0v) is 12.8. The van der Waals surface area contributed by atoms with Gasteiger partial charge in [0.1, 0.15) is 0 Å². The first kappa shape index (κ1) is 14.8. The smallest absolute Gasteiger partial charge is 0.208 e. The van der Waals surface area contributed by atoms with Crippen molar-refractivity contribution in [2.75, 3.05) is 19.3 Å². The lowest BCUT2D eigenvalue weighted by Gasteiger charge is -2.17. The van der Waals surface area contributed by atoms with E-state index in [1.807, 2.05) is 25.1 Å². The highest BCUT2D eigenvalue weighted by Gasteiger charge is 2.24. The van der Waals surface area contributed by atoms with E-state index in [2.05, 4.69) is 9.62 Å². The Morgan fingerprint density at radius 2 is 2.21 bits per heavy atom. The van der Waals surface area contributed by atoms with Gasteiger partial charge >= 0.3 is 0 Å². The molecule has 1 saturated heterocycles. The number of hydrogen-bond donors (Lipinski definition) is 1. The van der Waals surface area contributed by atoms with Crippen molar-refractivity contribution in [1.29, 1.82) is 0 Å². The summed E-state index contributed by atoms with van der Waals surface area (Å²) < 4.78 is 25.1. The van der Waals surface area contributed by atoms with Crippen LogP contribution in [0.1, 0.15) is 17.5 Å². The Labute approximate surface area is 119 Å². The van der Waals surface area contributed by atoms with Gasteiger partial charge in [-0.15, -0.1) is 0 Å². The lowest BCUT2D eigenvalue weighted by Crippen LogP contribution is -2.36. The molecule has 6 heteroatoms. The monoisotopic (exact) mass is 302 g/mol. The first-order valence-corrected chi connectivity index (χ1v) is 8.55. The van der Waals surface area contributed by atoms with Gasteiger partial charge in [0, 0.05) is 30.7 Å². The Morgan fingerprint density at radius 1 is 1.47 bits per heavy atom. The summed E-state index contributed by atoms with van der Waals surface area (Å²) in [6.07, 6.45) is 2.07. The fourth-order valence-corrected chi connectivity index (χ4v) is 3.48. The maximum atomic E-state index is 11.2. The Bertz CT molecular complexity index is 560. The van der Waals surface area contributed by atoms with Gasteiger partial charge in [0.05, 0.1) is 6.26 Å². The molecule has 1 heterocycles. The Balaban J connectivity index is 1.95. The standard InChI is InChI=1S/C13H19ClN2O2S/c1-10-7-12(14)4-3-11(10)8-16-6-5-13(9-16)15-19(2,17)18/h3-4,7,13,15H,5-6,8-9H2,1-2H3. The number of rotatable bonds is 4. The minimum absolute atomic E-state index is 0.0302. The molecule has 1 aliphatic rings. The molecule has 1 atom stereocenters. The predicted molar refractivity (Wildman–Crippen MR) is 77.9 cm³/mol. The molecule has 0 aliphatic carbocycles. The minimum atomic E-state index is -3.11. The normalized spacial score (nSPS) is 20.9. The predicted octanol–water partition coefficient (Wildman–Crippen LogP) is 1.77. The molecule has 1 aliphatic heterocycles. The van der Waals surface area contributed by atoms with Crippen LogP contribution < -0.4 is 4.72 Å². The van der Waals surface area contributed by atoms with Crippen LogP contribution in [0.3, 0.4) is 0 Å².